The number of hydrogen-bond acceptors (Lipinski definition) is 6. The number of pyridine rings is 1. The number of sulfonamides is 1. The summed E-state index contributed by atoms with van der Waals surface area (Å²) in [7, 11) is -3.74. The van der Waals surface area contributed by atoms with Gasteiger partial charge in [-0.15, -0.1) is 12.4 Å². The number of ether oxygens (including phenoxy) is 2. The molecule has 1 fully saturated rings. The van der Waals surface area contributed by atoms with Gasteiger partial charge in [-0.2, -0.15) is 4.31 Å². The van der Waals surface area contributed by atoms with Gasteiger partial charge in [0.25, 0.3) is 0 Å². The highest BCUT2D eigenvalue weighted by molar-refractivity contribution is 7.89. The molecule has 0 spiro atoms. The molecule has 26 heavy (non-hydrogen) atoms. The van der Waals surface area contributed by atoms with Crippen molar-refractivity contribution in [3.63, 3.8) is 0 Å². The molecule has 9 heteroatoms. The Morgan fingerprint density at radius 3 is 2.81 bits per heavy atom. The SMILES string of the molecule is Cl.O=S(=O)(c1cccc2c1OCCO2)N1CCNCC1c1cccnc1. The Hall–Kier alpha value is -1.87. The van der Waals surface area contributed by atoms with Crippen molar-refractivity contribution in [1.29, 1.82) is 0 Å². The quantitative estimate of drug-likeness (QED) is 0.847. The van der Waals surface area contributed by atoms with Crippen LogP contribution < -0.4 is 14.8 Å². The van der Waals surface area contributed by atoms with Gasteiger partial charge >= 0.3 is 0 Å². The average molecular weight is 398 g/mol. The molecule has 3 heterocycles. The molecule has 0 bridgehead atoms. The number of hydrogen-bond donors (Lipinski definition) is 1. The van der Waals surface area contributed by atoms with Gasteiger partial charge in [0.2, 0.25) is 10.0 Å². The minimum Gasteiger partial charge on any atom is -0.486 e. The molecule has 1 unspecified atom stereocenters. The molecule has 4 rings (SSSR count). The first kappa shape index (κ1) is 18.9. The summed E-state index contributed by atoms with van der Waals surface area (Å²) in [6.07, 6.45) is 3.39. The van der Waals surface area contributed by atoms with Crippen molar-refractivity contribution < 1.29 is 17.9 Å². The van der Waals surface area contributed by atoms with Gasteiger partial charge in [-0.3, -0.25) is 4.98 Å². The summed E-state index contributed by atoms with van der Waals surface area (Å²) in [5, 5.41) is 3.26. The van der Waals surface area contributed by atoms with E-state index in [1.54, 1.807) is 30.6 Å². The number of para-hydroxylation sites is 1. The monoisotopic (exact) mass is 397 g/mol. The maximum absolute atomic E-state index is 13.4. The van der Waals surface area contributed by atoms with Gasteiger partial charge in [0.1, 0.15) is 18.1 Å². The van der Waals surface area contributed by atoms with E-state index in [0.717, 1.165) is 5.56 Å². The lowest BCUT2D eigenvalue weighted by Crippen LogP contribution is -2.48. The van der Waals surface area contributed by atoms with Crippen LogP contribution in [0.1, 0.15) is 11.6 Å². The fourth-order valence-electron chi connectivity index (χ4n) is 3.21. The average Bonchev–Trinajstić information content (AvgIpc) is 2.68. The van der Waals surface area contributed by atoms with Crippen LogP contribution in [-0.4, -0.2) is 50.6 Å². The Labute approximate surface area is 158 Å². The third kappa shape index (κ3) is 3.37. The van der Waals surface area contributed by atoms with E-state index in [2.05, 4.69) is 10.3 Å². The van der Waals surface area contributed by atoms with Crippen molar-refractivity contribution in [2.24, 2.45) is 0 Å². The number of piperazine rings is 1. The Kier molecular flexibility index (Phi) is 5.67. The van der Waals surface area contributed by atoms with E-state index >= 15 is 0 Å². The Bertz CT molecular complexity index is 864. The van der Waals surface area contributed by atoms with Crippen molar-refractivity contribution in [3.8, 4) is 11.5 Å². The van der Waals surface area contributed by atoms with Crippen LogP contribution in [0.3, 0.4) is 0 Å². The molecule has 1 N–H and O–H groups in total. The Morgan fingerprint density at radius 2 is 2.00 bits per heavy atom. The zero-order valence-corrected chi connectivity index (χ0v) is 15.6. The molecule has 1 saturated heterocycles. The first-order valence-electron chi connectivity index (χ1n) is 8.19. The molecule has 140 valence electrons. The molecule has 2 aliphatic rings. The van der Waals surface area contributed by atoms with Gasteiger partial charge in [-0.05, 0) is 23.8 Å². The van der Waals surface area contributed by atoms with E-state index in [4.69, 9.17) is 9.47 Å². The highest BCUT2D eigenvalue weighted by Crippen LogP contribution is 2.39. The van der Waals surface area contributed by atoms with Crippen LogP contribution in [0, 0.1) is 0 Å². The van der Waals surface area contributed by atoms with E-state index < -0.39 is 10.0 Å². The third-order valence-electron chi connectivity index (χ3n) is 4.38. The number of halogens is 1. The van der Waals surface area contributed by atoms with E-state index in [0.29, 0.717) is 44.3 Å². The molecule has 0 amide bonds. The van der Waals surface area contributed by atoms with Crippen molar-refractivity contribution in [1.82, 2.24) is 14.6 Å². The van der Waals surface area contributed by atoms with Crippen LogP contribution in [0.15, 0.2) is 47.6 Å². The van der Waals surface area contributed by atoms with Gasteiger partial charge < -0.3 is 14.8 Å². The highest BCUT2D eigenvalue weighted by Gasteiger charge is 2.37. The Balaban J connectivity index is 0.00000196. The second-order valence-corrected chi connectivity index (χ2v) is 7.76. The summed E-state index contributed by atoms with van der Waals surface area (Å²) in [4.78, 5) is 4.28. The largest absolute Gasteiger partial charge is 0.486 e. The standard InChI is InChI=1S/C17H19N3O4S.ClH/c21-25(22,16-5-1-4-15-17(16)24-10-9-23-15)20-8-7-19-12-14(20)13-3-2-6-18-11-13;/h1-6,11,14,19H,7-10,12H2;1H. The number of benzene rings is 1. The molecule has 1 aromatic carbocycles. The fourth-order valence-corrected chi connectivity index (χ4v) is 4.97. The number of aromatic nitrogens is 1. The van der Waals surface area contributed by atoms with Crippen molar-refractivity contribution in [2.45, 2.75) is 10.9 Å². The normalized spacial score (nSPS) is 20.2. The molecular weight excluding hydrogens is 378 g/mol. The van der Waals surface area contributed by atoms with Gasteiger partial charge in [-0.1, -0.05) is 12.1 Å². The predicted molar refractivity (Wildman–Crippen MR) is 98.4 cm³/mol. The number of rotatable bonds is 3. The minimum atomic E-state index is -3.74. The second-order valence-electron chi connectivity index (χ2n) is 5.90. The maximum Gasteiger partial charge on any atom is 0.247 e. The molecule has 0 saturated carbocycles. The number of fused-ring (bicyclic) bond motifs is 1. The van der Waals surface area contributed by atoms with Crippen LogP contribution in [0.2, 0.25) is 0 Å². The maximum atomic E-state index is 13.4. The lowest BCUT2D eigenvalue weighted by atomic mass is 10.1. The zero-order valence-electron chi connectivity index (χ0n) is 14.0. The van der Waals surface area contributed by atoms with Crippen molar-refractivity contribution >= 4 is 22.4 Å². The Morgan fingerprint density at radius 1 is 1.15 bits per heavy atom. The lowest BCUT2D eigenvalue weighted by molar-refractivity contribution is 0.166. The second kappa shape index (κ2) is 7.79. The van der Waals surface area contributed by atoms with Crippen LogP contribution in [0.25, 0.3) is 0 Å². The zero-order chi connectivity index (χ0) is 17.3. The lowest BCUT2D eigenvalue weighted by Gasteiger charge is -2.35. The smallest absolute Gasteiger partial charge is 0.247 e. The fraction of sp³-hybridized carbons (Fsp3) is 0.353. The highest BCUT2D eigenvalue weighted by atomic mass is 35.5. The summed E-state index contributed by atoms with van der Waals surface area (Å²) in [6, 6.07) is 8.38. The first-order chi connectivity index (χ1) is 12.2. The van der Waals surface area contributed by atoms with Gasteiger partial charge in [0.15, 0.2) is 11.5 Å². The van der Waals surface area contributed by atoms with E-state index in [1.165, 1.54) is 4.31 Å². The van der Waals surface area contributed by atoms with E-state index in [1.807, 2.05) is 12.1 Å². The number of nitrogens with zero attached hydrogens (tertiary/aromatic N) is 2. The first-order valence-corrected chi connectivity index (χ1v) is 9.63. The summed E-state index contributed by atoms with van der Waals surface area (Å²) in [6.45, 7) is 2.28. The molecule has 0 radical (unpaired) electrons. The number of nitrogens with one attached hydrogen (secondary N) is 1. The summed E-state index contributed by atoms with van der Waals surface area (Å²) >= 11 is 0. The summed E-state index contributed by atoms with van der Waals surface area (Å²) in [5.74, 6) is 0.776. The van der Waals surface area contributed by atoms with Gasteiger partial charge in [-0.25, -0.2) is 8.42 Å². The van der Waals surface area contributed by atoms with Gasteiger partial charge in [0.05, 0.1) is 6.04 Å². The van der Waals surface area contributed by atoms with Crippen molar-refractivity contribution in [3.05, 3.63) is 48.3 Å². The molecule has 0 aliphatic carbocycles. The van der Waals surface area contributed by atoms with Gasteiger partial charge in [0, 0.05) is 32.0 Å². The molecule has 1 atom stereocenters. The molecule has 2 aliphatic heterocycles. The van der Waals surface area contributed by atoms with E-state index in [9.17, 15) is 8.42 Å². The summed E-state index contributed by atoms with van der Waals surface area (Å²) in [5.41, 5.74) is 0.861. The molecular formula is C17H20ClN3O4S. The predicted octanol–water partition coefficient (Wildman–Crippen LogP) is 1.61. The molecule has 1 aromatic heterocycles. The van der Waals surface area contributed by atoms with Crippen LogP contribution in [0.5, 0.6) is 11.5 Å². The molecule has 2 aromatic rings. The van der Waals surface area contributed by atoms with Crippen LogP contribution >= 0.6 is 12.4 Å². The minimum absolute atomic E-state index is 0. The summed E-state index contributed by atoms with van der Waals surface area (Å²) < 4.78 is 39.4. The molecule has 7 nitrogen and oxygen atoms in total. The van der Waals surface area contributed by atoms with Crippen molar-refractivity contribution in [2.75, 3.05) is 32.8 Å². The topological polar surface area (TPSA) is 80.8 Å². The third-order valence-corrected chi connectivity index (χ3v) is 6.31. The van der Waals surface area contributed by atoms with Crippen LogP contribution in [-0.2, 0) is 10.0 Å². The van der Waals surface area contributed by atoms with Crippen LogP contribution in [0.4, 0.5) is 0 Å². The van der Waals surface area contributed by atoms with E-state index in [-0.39, 0.29) is 23.3 Å².